The van der Waals surface area contributed by atoms with Crippen LogP contribution in [0.3, 0.4) is 0 Å². The van der Waals surface area contributed by atoms with Crippen molar-refractivity contribution in [3.8, 4) is 0 Å². The van der Waals surface area contributed by atoms with Gasteiger partial charge in [-0.1, -0.05) is 35.3 Å². The van der Waals surface area contributed by atoms with Crippen molar-refractivity contribution < 1.29 is 0 Å². The van der Waals surface area contributed by atoms with Gasteiger partial charge in [0.15, 0.2) is 0 Å². The normalized spacial score (nSPS) is 18.6. The number of rotatable bonds is 2. The summed E-state index contributed by atoms with van der Waals surface area (Å²) < 4.78 is 1.82. The van der Waals surface area contributed by atoms with Crippen LogP contribution in [-0.4, -0.2) is 22.0 Å². The number of nitrogens with zero attached hydrogens (tertiary/aromatic N) is 3. The summed E-state index contributed by atoms with van der Waals surface area (Å²) in [4.78, 5) is 0. The second-order valence-electron chi connectivity index (χ2n) is 4.02. The summed E-state index contributed by atoms with van der Waals surface area (Å²) in [5, 5.41) is 9.89. The van der Waals surface area contributed by atoms with Crippen molar-refractivity contribution >= 4 is 28.9 Å². The number of hydrogen-bond acceptors (Lipinski definition) is 3. The molecule has 1 aromatic heterocycles. The van der Waals surface area contributed by atoms with Crippen LogP contribution < -0.4 is 5.43 Å². The molecule has 0 saturated heterocycles. The second-order valence-corrected chi connectivity index (χ2v) is 4.89. The summed E-state index contributed by atoms with van der Waals surface area (Å²) in [5.74, 6) is 0. The molecule has 1 aliphatic heterocycles. The molecule has 18 heavy (non-hydrogen) atoms. The Morgan fingerprint density at radius 2 is 1.94 bits per heavy atom. The Balaban J connectivity index is 1.94. The predicted molar refractivity (Wildman–Crippen MR) is 72.3 cm³/mol. The van der Waals surface area contributed by atoms with E-state index < -0.39 is 0 Å². The summed E-state index contributed by atoms with van der Waals surface area (Å²) >= 11 is 11.8. The second kappa shape index (κ2) is 4.63. The number of hydrazone groups is 1. The molecule has 1 atom stereocenters. The minimum Gasteiger partial charge on any atom is -0.307 e. The van der Waals surface area contributed by atoms with Gasteiger partial charge in [-0.05, 0) is 12.1 Å². The van der Waals surface area contributed by atoms with Crippen LogP contribution in [-0.2, 0) is 0 Å². The van der Waals surface area contributed by atoms with Crippen molar-refractivity contribution in [3.63, 3.8) is 0 Å². The van der Waals surface area contributed by atoms with E-state index in [-0.39, 0.29) is 6.04 Å². The fourth-order valence-corrected chi connectivity index (χ4v) is 2.24. The van der Waals surface area contributed by atoms with E-state index in [1.807, 2.05) is 28.9 Å². The van der Waals surface area contributed by atoms with Crippen molar-refractivity contribution in [1.29, 1.82) is 0 Å². The minimum atomic E-state index is 0.0543. The van der Waals surface area contributed by atoms with Gasteiger partial charge in [-0.25, -0.2) is 0 Å². The van der Waals surface area contributed by atoms with Gasteiger partial charge in [0.2, 0.25) is 0 Å². The predicted octanol–water partition coefficient (Wildman–Crippen LogP) is 2.74. The first-order valence-electron chi connectivity index (χ1n) is 5.50. The Morgan fingerprint density at radius 3 is 2.61 bits per heavy atom. The van der Waals surface area contributed by atoms with Gasteiger partial charge in [-0.2, -0.15) is 10.2 Å². The third kappa shape index (κ3) is 2.09. The first-order chi connectivity index (χ1) is 8.74. The van der Waals surface area contributed by atoms with Crippen LogP contribution >= 0.6 is 23.2 Å². The molecule has 0 aliphatic carbocycles. The first kappa shape index (κ1) is 11.6. The molecule has 0 radical (unpaired) electrons. The molecule has 0 bridgehead atoms. The fraction of sp³-hybridized carbons (Fsp3) is 0.167. The Hall–Kier alpha value is -1.52. The maximum absolute atomic E-state index is 5.89. The van der Waals surface area contributed by atoms with E-state index in [2.05, 4.69) is 15.6 Å². The molecule has 4 nitrogen and oxygen atoms in total. The van der Waals surface area contributed by atoms with E-state index in [1.54, 1.807) is 12.4 Å². The molecule has 0 amide bonds. The number of nitrogens with one attached hydrogen (secondary N) is 1. The minimum absolute atomic E-state index is 0.0543. The van der Waals surface area contributed by atoms with Gasteiger partial charge in [0.25, 0.3) is 0 Å². The molecule has 0 fully saturated rings. The third-order valence-corrected chi connectivity index (χ3v) is 3.28. The molecule has 1 unspecified atom stereocenters. The average Bonchev–Trinajstić information content (AvgIpc) is 2.98. The monoisotopic (exact) mass is 280 g/mol. The molecule has 0 saturated carbocycles. The van der Waals surface area contributed by atoms with Crippen LogP contribution in [0.4, 0.5) is 0 Å². The van der Waals surface area contributed by atoms with Gasteiger partial charge in [-0.3, -0.25) is 4.68 Å². The molecule has 92 valence electrons. The lowest BCUT2D eigenvalue weighted by Gasteiger charge is -2.12. The molecule has 3 rings (SSSR count). The highest BCUT2D eigenvalue weighted by Gasteiger charge is 2.25. The standard InChI is InChI=1S/C12H10Cl2N4/c13-9-3-1-8(2-4-9)12-11(6-15-17-12)18-7-10(14)5-16-18/h1-5,7,11,15H,6H2. The Kier molecular flexibility index (Phi) is 2.97. The van der Waals surface area contributed by atoms with Crippen molar-refractivity contribution in [2.45, 2.75) is 6.04 Å². The summed E-state index contributed by atoms with van der Waals surface area (Å²) in [5.41, 5.74) is 4.96. The number of aromatic nitrogens is 2. The molecule has 1 N–H and O–H groups in total. The van der Waals surface area contributed by atoms with Gasteiger partial charge in [0.05, 0.1) is 23.5 Å². The Labute approximate surface area is 114 Å². The van der Waals surface area contributed by atoms with E-state index in [9.17, 15) is 0 Å². The number of halogens is 2. The third-order valence-electron chi connectivity index (χ3n) is 2.83. The Morgan fingerprint density at radius 1 is 1.17 bits per heavy atom. The zero-order valence-electron chi connectivity index (χ0n) is 9.35. The summed E-state index contributed by atoms with van der Waals surface area (Å²) in [7, 11) is 0. The summed E-state index contributed by atoms with van der Waals surface area (Å²) in [6.45, 7) is 0.704. The van der Waals surface area contributed by atoms with E-state index in [1.165, 1.54) is 0 Å². The van der Waals surface area contributed by atoms with Crippen molar-refractivity contribution in [3.05, 3.63) is 52.3 Å². The van der Waals surface area contributed by atoms with E-state index in [4.69, 9.17) is 23.2 Å². The van der Waals surface area contributed by atoms with Crippen LogP contribution in [0.15, 0.2) is 41.8 Å². The molecular weight excluding hydrogens is 271 g/mol. The van der Waals surface area contributed by atoms with E-state index in [0.717, 1.165) is 11.3 Å². The number of benzene rings is 1. The van der Waals surface area contributed by atoms with Crippen molar-refractivity contribution in [1.82, 2.24) is 15.2 Å². The lowest BCUT2D eigenvalue weighted by molar-refractivity contribution is 0.561. The topological polar surface area (TPSA) is 42.2 Å². The molecule has 0 spiro atoms. The average molecular weight is 281 g/mol. The Bertz CT molecular complexity index is 588. The highest BCUT2D eigenvalue weighted by Crippen LogP contribution is 2.21. The van der Waals surface area contributed by atoms with Gasteiger partial charge >= 0.3 is 0 Å². The molecule has 2 aromatic rings. The van der Waals surface area contributed by atoms with E-state index >= 15 is 0 Å². The molecule has 6 heteroatoms. The van der Waals surface area contributed by atoms with Crippen LogP contribution in [0.1, 0.15) is 11.6 Å². The largest absolute Gasteiger partial charge is 0.307 e. The van der Waals surface area contributed by atoms with Gasteiger partial charge in [0.1, 0.15) is 6.04 Å². The molecule has 1 aliphatic rings. The van der Waals surface area contributed by atoms with Crippen LogP contribution in [0.5, 0.6) is 0 Å². The van der Waals surface area contributed by atoms with Crippen LogP contribution in [0.2, 0.25) is 10.0 Å². The highest BCUT2D eigenvalue weighted by molar-refractivity contribution is 6.30. The molecular formula is C12H10Cl2N4. The first-order valence-corrected chi connectivity index (χ1v) is 6.25. The summed E-state index contributed by atoms with van der Waals surface area (Å²) in [6, 6.07) is 7.66. The van der Waals surface area contributed by atoms with Crippen LogP contribution in [0.25, 0.3) is 0 Å². The number of hydrogen-bond donors (Lipinski definition) is 1. The van der Waals surface area contributed by atoms with Gasteiger partial charge < -0.3 is 5.43 Å². The highest BCUT2D eigenvalue weighted by atomic mass is 35.5. The van der Waals surface area contributed by atoms with Crippen LogP contribution in [0, 0.1) is 0 Å². The maximum atomic E-state index is 5.89. The molecule has 2 heterocycles. The van der Waals surface area contributed by atoms with Crippen molar-refractivity contribution in [2.24, 2.45) is 5.10 Å². The zero-order chi connectivity index (χ0) is 12.5. The quantitative estimate of drug-likeness (QED) is 0.919. The fourth-order valence-electron chi connectivity index (χ4n) is 1.97. The lowest BCUT2D eigenvalue weighted by Crippen LogP contribution is -2.21. The SMILES string of the molecule is Clc1ccc(C2=NNCC2n2cc(Cl)cn2)cc1. The van der Waals surface area contributed by atoms with Gasteiger partial charge in [0, 0.05) is 16.8 Å². The van der Waals surface area contributed by atoms with E-state index in [0.29, 0.717) is 16.6 Å². The summed E-state index contributed by atoms with van der Waals surface area (Å²) in [6.07, 6.45) is 3.42. The zero-order valence-corrected chi connectivity index (χ0v) is 10.9. The molecule has 1 aromatic carbocycles. The van der Waals surface area contributed by atoms with Gasteiger partial charge in [-0.15, -0.1) is 0 Å². The van der Waals surface area contributed by atoms with Crippen molar-refractivity contribution in [2.75, 3.05) is 6.54 Å². The lowest BCUT2D eigenvalue weighted by atomic mass is 10.0. The maximum Gasteiger partial charge on any atom is 0.115 e. The smallest absolute Gasteiger partial charge is 0.115 e.